The zero-order valence-corrected chi connectivity index (χ0v) is 17.0. The van der Waals surface area contributed by atoms with Gasteiger partial charge in [-0.1, -0.05) is 57.1 Å². The monoisotopic (exact) mass is 392 g/mol. The van der Waals surface area contributed by atoms with Crippen LogP contribution in [0.1, 0.15) is 56.2 Å². The van der Waals surface area contributed by atoms with Crippen LogP contribution in [0, 0.1) is 23.7 Å². The molecule has 0 fully saturated rings. The van der Waals surface area contributed by atoms with Crippen LogP contribution in [-0.2, 0) is 6.42 Å². The molecule has 3 heteroatoms. The highest BCUT2D eigenvalue weighted by molar-refractivity contribution is 5.46. The van der Waals surface area contributed by atoms with Crippen molar-refractivity contribution in [3.05, 3.63) is 76.9 Å². The van der Waals surface area contributed by atoms with Crippen molar-refractivity contribution >= 4 is 0 Å². The lowest BCUT2D eigenvalue weighted by Gasteiger charge is -2.05. The van der Waals surface area contributed by atoms with Crippen molar-refractivity contribution < 1.29 is 13.5 Å². The molecule has 2 rings (SSSR count). The Morgan fingerprint density at radius 1 is 0.759 bits per heavy atom. The highest BCUT2D eigenvalue weighted by Crippen LogP contribution is 2.13. The van der Waals surface area contributed by atoms with E-state index >= 15 is 0 Å². The lowest BCUT2D eigenvalue weighted by Crippen LogP contribution is -1.96. The van der Waals surface area contributed by atoms with Crippen molar-refractivity contribution in [2.45, 2.75) is 46.0 Å². The molecule has 0 saturated carbocycles. The van der Waals surface area contributed by atoms with E-state index in [1.54, 1.807) is 36.4 Å². The van der Waals surface area contributed by atoms with E-state index in [2.05, 4.69) is 37.5 Å². The first-order valence-electron chi connectivity index (χ1n) is 10.0. The van der Waals surface area contributed by atoms with Crippen LogP contribution < -0.4 is 4.74 Å². The largest absolute Gasteiger partial charge is 0.494 e. The molecule has 0 atom stereocenters. The fraction of sp³-hybridized carbons (Fsp3) is 0.308. The van der Waals surface area contributed by atoms with Gasteiger partial charge in [0.2, 0.25) is 11.7 Å². The maximum Gasteiger partial charge on any atom is 0.217 e. The number of ether oxygens (including phenoxy) is 1. The van der Waals surface area contributed by atoms with Crippen molar-refractivity contribution in [1.29, 1.82) is 0 Å². The van der Waals surface area contributed by atoms with Crippen molar-refractivity contribution in [3.63, 3.8) is 0 Å². The van der Waals surface area contributed by atoms with E-state index in [0.29, 0.717) is 17.7 Å². The van der Waals surface area contributed by atoms with Crippen LogP contribution in [0.4, 0.5) is 8.78 Å². The van der Waals surface area contributed by atoms with E-state index in [1.807, 2.05) is 12.1 Å². The van der Waals surface area contributed by atoms with Gasteiger partial charge in [0.1, 0.15) is 5.75 Å². The molecule has 0 spiro atoms. The molecule has 0 aliphatic rings. The van der Waals surface area contributed by atoms with Crippen LogP contribution in [0.25, 0.3) is 0 Å². The van der Waals surface area contributed by atoms with Gasteiger partial charge < -0.3 is 4.74 Å². The number of allylic oxidation sites excluding steroid dienone is 2. The SMILES string of the molecule is CCCCCOc1ccc(C#C/C(F)=C(\F)C#Cc2ccc(CCC)cc2)cc1. The molecule has 0 unspecified atom stereocenters. The van der Waals surface area contributed by atoms with Gasteiger partial charge in [-0.25, -0.2) is 0 Å². The first-order valence-corrected chi connectivity index (χ1v) is 10.0. The molecule has 2 aromatic rings. The third kappa shape index (κ3) is 8.24. The smallest absolute Gasteiger partial charge is 0.217 e. The van der Waals surface area contributed by atoms with E-state index in [4.69, 9.17) is 4.74 Å². The predicted molar refractivity (Wildman–Crippen MR) is 115 cm³/mol. The van der Waals surface area contributed by atoms with Crippen molar-refractivity contribution in [2.24, 2.45) is 0 Å². The molecule has 0 aliphatic heterocycles. The summed E-state index contributed by atoms with van der Waals surface area (Å²) in [5.74, 6) is 8.02. The Morgan fingerprint density at radius 2 is 1.31 bits per heavy atom. The van der Waals surface area contributed by atoms with Crippen molar-refractivity contribution in [2.75, 3.05) is 6.61 Å². The van der Waals surface area contributed by atoms with Gasteiger partial charge >= 0.3 is 0 Å². The summed E-state index contributed by atoms with van der Waals surface area (Å²) in [7, 11) is 0. The molecule has 0 amide bonds. The summed E-state index contributed by atoms with van der Waals surface area (Å²) < 4.78 is 33.3. The number of hydrogen-bond acceptors (Lipinski definition) is 1. The normalized spacial score (nSPS) is 10.9. The Labute approximate surface area is 172 Å². The number of benzene rings is 2. The zero-order valence-electron chi connectivity index (χ0n) is 17.0. The Bertz CT molecular complexity index is 917. The Hall–Kier alpha value is -3.04. The molecular formula is C26H26F2O. The van der Waals surface area contributed by atoms with Crippen LogP contribution >= 0.6 is 0 Å². The third-order valence-corrected chi connectivity index (χ3v) is 4.19. The van der Waals surface area contributed by atoms with Gasteiger partial charge in [0, 0.05) is 11.1 Å². The molecule has 0 heterocycles. The second kappa shape index (κ2) is 12.4. The molecule has 0 radical (unpaired) electrons. The average molecular weight is 392 g/mol. The van der Waals surface area contributed by atoms with E-state index < -0.39 is 11.7 Å². The second-order valence-corrected chi connectivity index (χ2v) is 6.65. The molecule has 1 nitrogen and oxygen atoms in total. The highest BCUT2D eigenvalue weighted by atomic mass is 19.2. The molecule has 2 aromatic carbocycles. The summed E-state index contributed by atoms with van der Waals surface area (Å²) in [6.45, 7) is 4.91. The summed E-state index contributed by atoms with van der Waals surface area (Å²) in [5.41, 5.74) is 2.41. The van der Waals surface area contributed by atoms with E-state index in [9.17, 15) is 8.78 Å². The van der Waals surface area contributed by atoms with Gasteiger partial charge in [0.15, 0.2) is 0 Å². The Balaban J connectivity index is 1.97. The third-order valence-electron chi connectivity index (χ3n) is 4.19. The first kappa shape index (κ1) is 22.3. The summed E-state index contributed by atoms with van der Waals surface area (Å²) in [4.78, 5) is 0. The molecule has 0 saturated heterocycles. The Kier molecular flexibility index (Phi) is 9.53. The topological polar surface area (TPSA) is 9.23 Å². The molecule has 150 valence electrons. The van der Waals surface area contributed by atoms with Crippen LogP contribution in [0.15, 0.2) is 60.2 Å². The minimum Gasteiger partial charge on any atom is -0.494 e. The van der Waals surface area contributed by atoms with Gasteiger partial charge in [0.25, 0.3) is 0 Å². The first-order chi connectivity index (χ1) is 14.1. The molecular weight excluding hydrogens is 366 g/mol. The van der Waals surface area contributed by atoms with E-state index in [0.717, 1.165) is 37.9 Å². The van der Waals surface area contributed by atoms with Gasteiger partial charge in [-0.3, -0.25) is 0 Å². The lowest BCUT2D eigenvalue weighted by atomic mass is 10.1. The quantitative estimate of drug-likeness (QED) is 0.373. The summed E-state index contributed by atoms with van der Waals surface area (Å²) in [5, 5.41) is 0. The number of unbranched alkanes of at least 4 members (excludes halogenated alkanes) is 2. The maximum absolute atomic E-state index is 13.9. The predicted octanol–water partition coefficient (Wildman–Crippen LogP) is 6.76. The van der Waals surface area contributed by atoms with E-state index in [-0.39, 0.29) is 0 Å². The van der Waals surface area contributed by atoms with Crippen LogP contribution in [0.5, 0.6) is 5.75 Å². The number of aryl methyl sites for hydroxylation is 1. The summed E-state index contributed by atoms with van der Waals surface area (Å²) in [6, 6.07) is 14.5. The van der Waals surface area contributed by atoms with Gasteiger partial charge in [-0.15, -0.1) is 0 Å². The fourth-order valence-corrected chi connectivity index (χ4v) is 2.58. The lowest BCUT2D eigenvalue weighted by molar-refractivity contribution is 0.306. The standard InChI is InChI=1S/C26H26F2O/c1-3-5-6-20-29-24-16-12-23(13-17-24)15-19-26(28)25(27)18-14-22-10-8-21(7-4-2)9-11-22/h8-13,16-17H,3-7,20H2,1-2H3/b26-25+. The minimum atomic E-state index is -1.17. The van der Waals surface area contributed by atoms with Crippen molar-refractivity contribution in [3.8, 4) is 29.4 Å². The number of rotatable bonds is 7. The van der Waals surface area contributed by atoms with E-state index in [1.165, 1.54) is 5.56 Å². The number of halogens is 2. The van der Waals surface area contributed by atoms with Gasteiger partial charge in [0.05, 0.1) is 6.61 Å². The molecule has 0 aliphatic carbocycles. The minimum absolute atomic E-state index is 0.577. The van der Waals surface area contributed by atoms with Crippen LogP contribution in [0.3, 0.4) is 0 Å². The molecule has 29 heavy (non-hydrogen) atoms. The highest BCUT2D eigenvalue weighted by Gasteiger charge is 2.00. The molecule has 0 N–H and O–H groups in total. The zero-order chi connectivity index (χ0) is 20.9. The fourth-order valence-electron chi connectivity index (χ4n) is 2.58. The van der Waals surface area contributed by atoms with Crippen molar-refractivity contribution in [1.82, 2.24) is 0 Å². The molecule has 0 aromatic heterocycles. The average Bonchev–Trinajstić information content (AvgIpc) is 2.75. The second-order valence-electron chi connectivity index (χ2n) is 6.65. The van der Waals surface area contributed by atoms with Crippen LogP contribution in [-0.4, -0.2) is 6.61 Å². The van der Waals surface area contributed by atoms with Gasteiger partial charge in [-0.05, 0) is 66.6 Å². The number of hydrogen-bond donors (Lipinski definition) is 0. The maximum atomic E-state index is 13.9. The summed E-state index contributed by atoms with van der Waals surface area (Å²) >= 11 is 0. The molecule has 0 bridgehead atoms. The Morgan fingerprint density at radius 3 is 1.83 bits per heavy atom. The van der Waals surface area contributed by atoms with Gasteiger partial charge in [-0.2, -0.15) is 8.78 Å². The summed E-state index contributed by atoms with van der Waals surface area (Å²) in [6.07, 6.45) is 5.33. The van der Waals surface area contributed by atoms with Crippen LogP contribution in [0.2, 0.25) is 0 Å².